The van der Waals surface area contributed by atoms with E-state index < -0.39 is 11.7 Å². The van der Waals surface area contributed by atoms with E-state index in [9.17, 15) is 4.79 Å². The number of carbonyl (C=O) groups excluding carboxylic acids is 1. The Labute approximate surface area is 214 Å². The highest BCUT2D eigenvalue weighted by Gasteiger charge is 2.38. The molecule has 3 aromatic rings. The summed E-state index contributed by atoms with van der Waals surface area (Å²) in [6.07, 6.45) is -0.503. The second-order valence-corrected chi connectivity index (χ2v) is 11.0. The van der Waals surface area contributed by atoms with Crippen LogP contribution in [-0.4, -0.2) is 65.1 Å². The van der Waals surface area contributed by atoms with Crippen LogP contribution < -0.4 is 24.3 Å². The van der Waals surface area contributed by atoms with Crippen molar-refractivity contribution in [1.82, 2.24) is 15.1 Å². The zero-order valence-corrected chi connectivity index (χ0v) is 21.7. The molecule has 10 heteroatoms. The third-order valence-corrected chi connectivity index (χ3v) is 6.86. The van der Waals surface area contributed by atoms with Crippen LogP contribution >= 0.6 is 11.8 Å². The molecule has 192 valence electrons. The van der Waals surface area contributed by atoms with Crippen LogP contribution in [0.25, 0.3) is 10.9 Å². The van der Waals surface area contributed by atoms with Gasteiger partial charge in [0.25, 0.3) is 0 Å². The van der Waals surface area contributed by atoms with Gasteiger partial charge >= 0.3 is 6.09 Å². The Hall–Kier alpha value is -3.11. The van der Waals surface area contributed by atoms with Gasteiger partial charge in [-0.2, -0.15) is 9.78 Å². The van der Waals surface area contributed by atoms with E-state index in [0.717, 1.165) is 16.8 Å². The van der Waals surface area contributed by atoms with Crippen LogP contribution in [0, 0.1) is 6.92 Å². The minimum Gasteiger partial charge on any atom is -0.492 e. The first-order chi connectivity index (χ1) is 17.3. The predicted octanol–water partition coefficient (Wildman–Crippen LogP) is 4.39. The molecule has 0 aliphatic carbocycles. The molecule has 2 atom stereocenters. The van der Waals surface area contributed by atoms with E-state index in [1.165, 1.54) is 4.68 Å². The van der Waals surface area contributed by atoms with Crippen LogP contribution in [0.3, 0.4) is 0 Å². The second-order valence-electron chi connectivity index (χ2n) is 9.62. The number of aromatic nitrogens is 2. The van der Waals surface area contributed by atoms with Crippen molar-refractivity contribution in [2.24, 2.45) is 0 Å². The van der Waals surface area contributed by atoms with E-state index in [2.05, 4.69) is 10.4 Å². The Bertz CT molecular complexity index is 1250. The number of nitrogens with zero attached hydrogens (tertiary/aromatic N) is 2. The number of thioether (sulfide) groups is 1. The Morgan fingerprint density at radius 1 is 1.14 bits per heavy atom. The number of rotatable bonds is 8. The summed E-state index contributed by atoms with van der Waals surface area (Å²) in [7, 11) is 0. The molecule has 1 unspecified atom stereocenters. The fraction of sp³-hybridized carbons (Fsp3) is 0.462. The van der Waals surface area contributed by atoms with Crippen LogP contribution in [0.2, 0.25) is 0 Å². The maximum absolute atomic E-state index is 12.6. The number of hydrogen-bond donors (Lipinski definition) is 1. The van der Waals surface area contributed by atoms with Gasteiger partial charge in [0.05, 0.1) is 27.2 Å². The monoisotopic (exact) mass is 513 g/mol. The lowest BCUT2D eigenvalue weighted by Crippen LogP contribution is -2.27. The number of hydrogen-bond acceptors (Lipinski definition) is 9. The van der Waals surface area contributed by atoms with Crippen LogP contribution in [0.15, 0.2) is 36.4 Å². The topological polar surface area (TPSA) is 93.1 Å². The molecular formula is C26H31N3O6S. The average molecular weight is 514 g/mol. The number of para-hydroxylation sites is 1. The van der Waals surface area contributed by atoms with Gasteiger partial charge < -0.3 is 29.0 Å². The maximum Gasteiger partial charge on any atom is 0.435 e. The minimum absolute atomic E-state index is 0.308. The molecule has 0 bridgehead atoms. The summed E-state index contributed by atoms with van der Waals surface area (Å²) in [5.41, 5.74) is 0.794. The number of fused-ring (bicyclic) bond motifs is 2. The van der Waals surface area contributed by atoms with Crippen molar-refractivity contribution in [1.29, 1.82) is 0 Å². The van der Waals surface area contributed by atoms with Crippen LogP contribution in [0.4, 0.5) is 4.79 Å². The van der Waals surface area contributed by atoms with Crippen LogP contribution in [0.1, 0.15) is 26.5 Å². The maximum atomic E-state index is 12.6. The lowest BCUT2D eigenvalue weighted by molar-refractivity contribution is 0.0522. The standard InChI is InChI=1S/C26H31N3O6S/c1-16-22-17(29(28-16)25(30)35-26(2,3)4)7-5-8-18(22)34-15-21-24(36-21)27-11-12-31-19-9-6-10-20-23(19)33-14-13-32-20/h5-10,21,24,27H,11-15H2,1-4H3/t21-,24?/m1/s1. The fourth-order valence-electron chi connectivity index (χ4n) is 4.02. The van der Waals surface area contributed by atoms with Gasteiger partial charge in [0, 0.05) is 6.54 Å². The molecule has 1 fully saturated rings. The van der Waals surface area contributed by atoms with Crippen molar-refractivity contribution in [2.45, 2.75) is 43.9 Å². The van der Waals surface area contributed by atoms with Gasteiger partial charge in [0.2, 0.25) is 5.75 Å². The molecular weight excluding hydrogens is 482 g/mol. The van der Waals surface area contributed by atoms with Gasteiger partial charge in [-0.3, -0.25) is 0 Å². The molecule has 0 spiro atoms. The Kier molecular flexibility index (Phi) is 6.90. The van der Waals surface area contributed by atoms with Gasteiger partial charge in [0.1, 0.15) is 37.8 Å². The van der Waals surface area contributed by atoms with Crippen molar-refractivity contribution < 1.29 is 28.5 Å². The summed E-state index contributed by atoms with van der Waals surface area (Å²) >= 11 is 1.82. The molecule has 0 saturated carbocycles. The molecule has 2 aliphatic rings. The second kappa shape index (κ2) is 10.1. The van der Waals surface area contributed by atoms with Crippen molar-refractivity contribution in [2.75, 3.05) is 33.0 Å². The average Bonchev–Trinajstić information content (AvgIpc) is 3.51. The number of nitrogens with one attached hydrogen (secondary N) is 1. The first-order valence-electron chi connectivity index (χ1n) is 12.0. The lowest BCUT2D eigenvalue weighted by Gasteiger charge is -2.20. The minimum atomic E-state index is -0.601. The molecule has 3 heterocycles. The van der Waals surface area contributed by atoms with Crippen molar-refractivity contribution in [3.63, 3.8) is 0 Å². The Morgan fingerprint density at radius 2 is 1.92 bits per heavy atom. The SMILES string of the molecule is Cc1nn(C(=O)OC(C)(C)C)c2cccc(OC[C@H]3SC3NCCOc3cccc4c3OCCO4)c12. The largest absolute Gasteiger partial charge is 0.492 e. The van der Waals surface area contributed by atoms with Crippen LogP contribution in [-0.2, 0) is 4.74 Å². The van der Waals surface area contributed by atoms with E-state index in [4.69, 9.17) is 23.7 Å². The van der Waals surface area contributed by atoms with E-state index in [1.807, 2.05) is 75.9 Å². The summed E-state index contributed by atoms with van der Waals surface area (Å²) < 4.78 is 30.1. The Morgan fingerprint density at radius 3 is 2.75 bits per heavy atom. The van der Waals surface area contributed by atoms with Crippen molar-refractivity contribution in [3.05, 3.63) is 42.1 Å². The summed E-state index contributed by atoms with van der Waals surface area (Å²) in [6.45, 7) is 10.2. The van der Waals surface area contributed by atoms with Gasteiger partial charge in [-0.15, -0.1) is 11.8 Å². The highest BCUT2D eigenvalue weighted by atomic mass is 32.2. The smallest absolute Gasteiger partial charge is 0.435 e. The first-order valence-corrected chi connectivity index (χ1v) is 13.0. The quantitative estimate of drug-likeness (QED) is 0.348. The highest BCUT2D eigenvalue weighted by Crippen LogP contribution is 2.41. The molecule has 0 amide bonds. The van der Waals surface area contributed by atoms with Crippen molar-refractivity contribution in [3.8, 4) is 23.0 Å². The molecule has 0 radical (unpaired) electrons. The number of ether oxygens (including phenoxy) is 5. The summed E-state index contributed by atoms with van der Waals surface area (Å²) in [6, 6.07) is 11.3. The van der Waals surface area contributed by atoms with E-state index in [0.29, 0.717) is 66.4 Å². The normalized spacial score (nSPS) is 18.7. The zero-order valence-electron chi connectivity index (χ0n) is 20.9. The zero-order chi connectivity index (χ0) is 25.3. The van der Waals surface area contributed by atoms with Gasteiger partial charge in [-0.1, -0.05) is 12.1 Å². The molecule has 36 heavy (non-hydrogen) atoms. The lowest BCUT2D eigenvalue weighted by atomic mass is 10.2. The third-order valence-electron chi connectivity index (χ3n) is 5.63. The molecule has 2 aromatic carbocycles. The molecule has 1 saturated heterocycles. The van der Waals surface area contributed by atoms with Crippen molar-refractivity contribution >= 4 is 28.8 Å². The number of aryl methyl sites for hydroxylation is 1. The molecule has 5 rings (SSSR count). The number of carbonyl (C=O) groups is 1. The molecule has 9 nitrogen and oxygen atoms in total. The highest BCUT2D eigenvalue weighted by molar-refractivity contribution is 8.07. The molecule has 2 aliphatic heterocycles. The van der Waals surface area contributed by atoms with E-state index >= 15 is 0 Å². The van der Waals surface area contributed by atoms with E-state index in [-0.39, 0.29) is 0 Å². The predicted molar refractivity (Wildman–Crippen MR) is 138 cm³/mol. The van der Waals surface area contributed by atoms with Crippen LogP contribution in [0.5, 0.6) is 23.0 Å². The van der Waals surface area contributed by atoms with Gasteiger partial charge in [-0.25, -0.2) is 4.79 Å². The summed E-state index contributed by atoms with van der Waals surface area (Å²) in [4.78, 5) is 12.6. The molecule has 1 aromatic heterocycles. The summed E-state index contributed by atoms with van der Waals surface area (Å²) in [5, 5.41) is 9.37. The Balaban J connectivity index is 1.12. The number of benzene rings is 2. The van der Waals surface area contributed by atoms with Gasteiger partial charge in [0.15, 0.2) is 11.5 Å². The molecule has 1 N–H and O–H groups in total. The third kappa shape index (κ3) is 5.49. The fourth-order valence-corrected chi connectivity index (χ4v) is 4.84. The first kappa shape index (κ1) is 24.6. The summed E-state index contributed by atoms with van der Waals surface area (Å²) in [5.74, 6) is 2.82. The van der Waals surface area contributed by atoms with Gasteiger partial charge in [-0.05, 0) is 52.0 Å². The van der Waals surface area contributed by atoms with E-state index in [1.54, 1.807) is 0 Å².